The molecule has 86 valence electrons. The van der Waals surface area contributed by atoms with E-state index >= 15 is 0 Å². The van der Waals surface area contributed by atoms with Gasteiger partial charge in [-0.3, -0.25) is 0 Å². The molecule has 0 aromatic rings. The molecule has 15 heavy (non-hydrogen) atoms. The smallest absolute Gasteiger partial charge is 0.168 e. The van der Waals surface area contributed by atoms with E-state index in [4.69, 9.17) is 14.2 Å². The van der Waals surface area contributed by atoms with E-state index in [0.29, 0.717) is 19.8 Å². The van der Waals surface area contributed by atoms with E-state index in [9.17, 15) is 5.11 Å². The Morgan fingerprint density at radius 1 is 0.867 bits per heavy atom. The Morgan fingerprint density at radius 3 is 2.07 bits per heavy atom. The Hall–Kier alpha value is -0.160. The highest BCUT2D eigenvalue weighted by atomic mass is 16.7. The van der Waals surface area contributed by atoms with Gasteiger partial charge in [0.1, 0.15) is 0 Å². The lowest BCUT2D eigenvalue weighted by Gasteiger charge is -2.42. The van der Waals surface area contributed by atoms with Gasteiger partial charge in [0.25, 0.3) is 0 Å². The number of aliphatic hydroxyl groups excluding tert-OH is 1. The van der Waals surface area contributed by atoms with Crippen LogP contribution < -0.4 is 0 Å². The lowest BCUT2D eigenvalue weighted by atomic mass is 9.78. The maximum atomic E-state index is 9.93. The van der Waals surface area contributed by atoms with Crippen LogP contribution in [0.5, 0.6) is 0 Å². The number of hydrogen-bond donors (Lipinski definition) is 1. The molecule has 2 spiro atoms. The van der Waals surface area contributed by atoms with Gasteiger partial charge in [-0.15, -0.1) is 0 Å². The molecule has 2 heterocycles. The van der Waals surface area contributed by atoms with Crippen LogP contribution in [0.4, 0.5) is 0 Å². The molecule has 1 unspecified atom stereocenters. The van der Waals surface area contributed by atoms with Crippen molar-refractivity contribution >= 4 is 0 Å². The summed E-state index contributed by atoms with van der Waals surface area (Å²) in [6.07, 6.45) is 3.89. The van der Waals surface area contributed by atoms with Gasteiger partial charge in [-0.05, 0) is 19.3 Å². The number of aliphatic hydroxyl groups is 1. The van der Waals surface area contributed by atoms with Gasteiger partial charge < -0.3 is 19.3 Å². The SMILES string of the molecule is OC1CCOC12CCC1(CC2)OCCO1. The quantitative estimate of drug-likeness (QED) is 0.648. The topological polar surface area (TPSA) is 47.9 Å². The average Bonchev–Trinajstić information content (AvgIpc) is 2.82. The van der Waals surface area contributed by atoms with Gasteiger partial charge in [-0.2, -0.15) is 0 Å². The van der Waals surface area contributed by atoms with E-state index in [2.05, 4.69) is 0 Å². The van der Waals surface area contributed by atoms with Crippen molar-refractivity contribution in [1.29, 1.82) is 0 Å². The second-order valence-electron chi connectivity index (χ2n) is 4.83. The molecule has 1 saturated carbocycles. The van der Waals surface area contributed by atoms with Gasteiger partial charge in [0.2, 0.25) is 0 Å². The fourth-order valence-electron chi connectivity index (χ4n) is 3.05. The summed E-state index contributed by atoms with van der Waals surface area (Å²) in [5.74, 6) is -0.350. The third kappa shape index (κ3) is 1.51. The predicted octanol–water partition coefficient (Wildman–Crippen LogP) is 0.823. The standard InChI is InChI=1S/C11H18O4/c12-9-1-6-13-10(9)2-4-11(5-3-10)14-7-8-15-11/h9,12H,1-8H2. The van der Waals surface area contributed by atoms with Crippen LogP contribution in [0, 0.1) is 0 Å². The van der Waals surface area contributed by atoms with E-state index in [-0.39, 0.29) is 17.5 Å². The molecule has 3 rings (SSSR count). The second-order valence-corrected chi connectivity index (χ2v) is 4.83. The van der Waals surface area contributed by atoms with E-state index < -0.39 is 0 Å². The van der Waals surface area contributed by atoms with Crippen molar-refractivity contribution in [2.45, 2.75) is 49.6 Å². The molecule has 2 saturated heterocycles. The van der Waals surface area contributed by atoms with Crippen LogP contribution in [0.15, 0.2) is 0 Å². The van der Waals surface area contributed by atoms with Gasteiger partial charge in [-0.25, -0.2) is 0 Å². The first-order chi connectivity index (χ1) is 7.25. The minimum Gasteiger partial charge on any atom is -0.390 e. The highest BCUT2D eigenvalue weighted by molar-refractivity contribution is 4.99. The van der Waals surface area contributed by atoms with Gasteiger partial charge in [-0.1, -0.05) is 0 Å². The van der Waals surface area contributed by atoms with Crippen LogP contribution in [-0.2, 0) is 14.2 Å². The zero-order valence-electron chi connectivity index (χ0n) is 8.91. The van der Waals surface area contributed by atoms with Crippen LogP contribution in [0.1, 0.15) is 32.1 Å². The zero-order valence-corrected chi connectivity index (χ0v) is 8.91. The van der Waals surface area contributed by atoms with Gasteiger partial charge in [0.15, 0.2) is 5.79 Å². The summed E-state index contributed by atoms with van der Waals surface area (Å²) in [5.41, 5.74) is -0.291. The van der Waals surface area contributed by atoms with E-state index in [1.807, 2.05) is 0 Å². The normalized spacial score (nSPS) is 37.8. The van der Waals surface area contributed by atoms with Crippen molar-refractivity contribution in [2.24, 2.45) is 0 Å². The van der Waals surface area contributed by atoms with E-state index in [1.54, 1.807) is 0 Å². The van der Waals surface area contributed by atoms with Crippen LogP contribution in [0.25, 0.3) is 0 Å². The number of ether oxygens (including phenoxy) is 3. The molecule has 0 aromatic carbocycles. The molecular weight excluding hydrogens is 196 g/mol. The van der Waals surface area contributed by atoms with Crippen LogP contribution >= 0.6 is 0 Å². The first-order valence-electron chi connectivity index (χ1n) is 5.85. The summed E-state index contributed by atoms with van der Waals surface area (Å²) in [6, 6.07) is 0. The molecule has 4 heteroatoms. The Kier molecular flexibility index (Phi) is 2.28. The molecule has 1 atom stereocenters. The third-order valence-corrected chi connectivity index (χ3v) is 4.06. The summed E-state index contributed by atoms with van der Waals surface area (Å²) in [5, 5.41) is 9.93. The lowest BCUT2D eigenvalue weighted by Crippen LogP contribution is -2.48. The summed E-state index contributed by atoms with van der Waals surface area (Å²) < 4.78 is 17.1. The molecule has 1 N–H and O–H groups in total. The van der Waals surface area contributed by atoms with Gasteiger partial charge in [0.05, 0.1) is 31.5 Å². The minimum absolute atomic E-state index is 0.291. The maximum Gasteiger partial charge on any atom is 0.168 e. The molecule has 3 fully saturated rings. The first kappa shape index (κ1) is 10.0. The van der Waals surface area contributed by atoms with Crippen molar-refractivity contribution in [3.05, 3.63) is 0 Å². The second kappa shape index (κ2) is 3.42. The molecule has 0 amide bonds. The monoisotopic (exact) mass is 214 g/mol. The van der Waals surface area contributed by atoms with Gasteiger partial charge >= 0.3 is 0 Å². The number of hydrogen-bond acceptors (Lipinski definition) is 4. The fourth-order valence-corrected chi connectivity index (χ4v) is 3.05. The highest BCUT2D eigenvalue weighted by Crippen LogP contribution is 2.46. The molecule has 1 aliphatic carbocycles. The van der Waals surface area contributed by atoms with Crippen molar-refractivity contribution in [3.8, 4) is 0 Å². The van der Waals surface area contributed by atoms with Crippen molar-refractivity contribution in [1.82, 2.24) is 0 Å². The summed E-state index contributed by atoms with van der Waals surface area (Å²) in [7, 11) is 0. The average molecular weight is 214 g/mol. The minimum atomic E-state index is -0.350. The van der Waals surface area contributed by atoms with Crippen LogP contribution in [0.2, 0.25) is 0 Å². The summed E-state index contributed by atoms with van der Waals surface area (Å²) in [4.78, 5) is 0. The third-order valence-electron chi connectivity index (χ3n) is 4.06. The van der Waals surface area contributed by atoms with Gasteiger partial charge in [0, 0.05) is 12.8 Å². The Bertz CT molecular complexity index is 237. The molecule has 3 aliphatic rings. The maximum absolute atomic E-state index is 9.93. The van der Waals surface area contributed by atoms with Crippen molar-refractivity contribution in [3.63, 3.8) is 0 Å². The molecule has 0 aromatic heterocycles. The Balaban J connectivity index is 1.69. The van der Waals surface area contributed by atoms with Crippen LogP contribution in [0.3, 0.4) is 0 Å². The van der Waals surface area contributed by atoms with E-state index in [1.165, 1.54) is 0 Å². The number of rotatable bonds is 0. The zero-order chi connectivity index (χ0) is 10.4. The highest BCUT2D eigenvalue weighted by Gasteiger charge is 2.51. The fraction of sp³-hybridized carbons (Fsp3) is 1.00. The largest absolute Gasteiger partial charge is 0.390 e. The Morgan fingerprint density at radius 2 is 1.53 bits per heavy atom. The summed E-state index contributed by atoms with van der Waals surface area (Å²) in [6.45, 7) is 2.10. The molecule has 0 radical (unpaired) electrons. The van der Waals surface area contributed by atoms with Crippen molar-refractivity contribution < 1.29 is 19.3 Å². The predicted molar refractivity (Wildman–Crippen MR) is 52.4 cm³/mol. The molecule has 2 aliphatic heterocycles. The van der Waals surface area contributed by atoms with Crippen LogP contribution in [-0.4, -0.2) is 42.4 Å². The molecular formula is C11H18O4. The Labute approximate surface area is 89.5 Å². The first-order valence-corrected chi connectivity index (χ1v) is 5.85. The summed E-state index contributed by atoms with van der Waals surface area (Å²) >= 11 is 0. The molecule has 0 bridgehead atoms. The van der Waals surface area contributed by atoms with E-state index in [0.717, 1.165) is 32.1 Å². The molecule has 4 nitrogen and oxygen atoms in total. The van der Waals surface area contributed by atoms with Crippen molar-refractivity contribution in [2.75, 3.05) is 19.8 Å². The lowest BCUT2D eigenvalue weighted by molar-refractivity contribution is -0.213.